The van der Waals surface area contributed by atoms with Gasteiger partial charge in [-0.1, -0.05) is 0 Å². The number of benzene rings is 1. The van der Waals surface area contributed by atoms with Gasteiger partial charge in [0.15, 0.2) is 0 Å². The Morgan fingerprint density at radius 1 is 1.14 bits per heavy atom. The molecule has 0 aliphatic rings. The molecule has 4 nitrogen and oxygen atoms in total. The fourth-order valence-corrected chi connectivity index (χ4v) is 2.44. The number of nitrogens with two attached hydrogens (primary N) is 1. The maximum absolute atomic E-state index is 13.2. The number of hydrogen-bond donors (Lipinski definition) is 1. The van der Waals surface area contributed by atoms with Gasteiger partial charge in [-0.15, -0.1) is 11.3 Å². The lowest BCUT2D eigenvalue weighted by Gasteiger charge is -2.10. The van der Waals surface area contributed by atoms with E-state index >= 15 is 0 Å². The SMILES string of the molecule is Nc1ccc(-n2nc(-c3nccs3)cc2C(F)(F)F)cc1. The van der Waals surface area contributed by atoms with Crippen molar-refractivity contribution >= 4 is 17.0 Å². The third kappa shape index (κ3) is 2.62. The van der Waals surface area contributed by atoms with Crippen LogP contribution in [-0.4, -0.2) is 14.8 Å². The van der Waals surface area contributed by atoms with Crippen LogP contribution in [0.4, 0.5) is 18.9 Å². The summed E-state index contributed by atoms with van der Waals surface area (Å²) in [4.78, 5) is 3.99. The summed E-state index contributed by atoms with van der Waals surface area (Å²) in [6.07, 6.45) is -2.99. The highest BCUT2D eigenvalue weighted by molar-refractivity contribution is 7.13. The first-order chi connectivity index (χ1) is 9.95. The number of rotatable bonds is 2. The van der Waals surface area contributed by atoms with Gasteiger partial charge in [-0.3, -0.25) is 0 Å². The number of alkyl halides is 3. The van der Waals surface area contributed by atoms with Crippen molar-refractivity contribution in [3.8, 4) is 16.4 Å². The van der Waals surface area contributed by atoms with E-state index in [0.29, 0.717) is 16.4 Å². The second kappa shape index (κ2) is 4.88. The number of aromatic nitrogens is 3. The molecule has 0 amide bonds. The summed E-state index contributed by atoms with van der Waals surface area (Å²) in [6.45, 7) is 0. The molecule has 1 aromatic carbocycles. The second-order valence-corrected chi connectivity index (χ2v) is 5.15. The normalized spacial score (nSPS) is 11.8. The highest BCUT2D eigenvalue weighted by Gasteiger charge is 2.36. The molecule has 0 aliphatic heterocycles. The Bertz CT molecular complexity index is 745. The maximum Gasteiger partial charge on any atom is 0.433 e. The van der Waals surface area contributed by atoms with Crippen LogP contribution in [0.3, 0.4) is 0 Å². The molecule has 0 saturated heterocycles. The van der Waals surface area contributed by atoms with Crippen LogP contribution in [0.2, 0.25) is 0 Å². The Labute approximate surface area is 121 Å². The molecule has 0 radical (unpaired) electrons. The maximum atomic E-state index is 13.2. The summed E-state index contributed by atoms with van der Waals surface area (Å²) >= 11 is 1.23. The highest BCUT2D eigenvalue weighted by Crippen LogP contribution is 2.34. The van der Waals surface area contributed by atoms with Crippen LogP contribution < -0.4 is 5.73 Å². The summed E-state index contributed by atoms with van der Waals surface area (Å²) in [5.41, 5.74) is 5.65. The van der Waals surface area contributed by atoms with Gasteiger partial charge < -0.3 is 5.73 Å². The van der Waals surface area contributed by atoms with Crippen molar-refractivity contribution in [1.29, 1.82) is 0 Å². The van der Waals surface area contributed by atoms with Crippen LogP contribution in [0.5, 0.6) is 0 Å². The van der Waals surface area contributed by atoms with E-state index in [1.807, 2.05) is 0 Å². The fourth-order valence-electron chi connectivity index (χ4n) is 1.85. The number of nitrogens with zero attached hydrogens (tertiary/aromatic N) is 3. The van der Waals surface area contributed by atoms with Crippen LogP contribution >= 0.6 is 11.3 Å². The van der Waals surface area contributed by atoms with Gasteiger partial charge in [-0.25, -0.2) is 9.67 Å². The average Bonchev–Trinajstić information content (AvgIpc) is 3.07. The lowest BCUT2D eigenvalue weighted by molar-refractivity contribution is -0.142. The Morgan fingerprint density at radius 3 is 2.43 bits per heavy atom. The van der Waals surface area contributed by atoms with Crippen molar-refractivity contribution < 1.29 is 13.2 Å². The lowest BCUT2D eigenvalue weighted by Crippen LogP contribution is -2.13. The molecular weight excluding hydrogens is 301 g/mol. The molecule has 0 fully saturated rings. The minimum atomic E-state index is -4.51. The smallest absolute Gasteiger partial charge is 0.399 e. The average molecular weight is 310 g/mol. The molecule has 3 rings (SSSR count). The Hall–Kier alpha value is -2.35. The van der Waals surface area contributed by atoms with Crippen molar-refractivity contribution in [2.75, 3.05) is 5.73 Å². The first-order valence-electron chi connectivity index (χ1n) is 5.88. The van der Waals surface area contributed by atoms with E-state index in [9.17, 15) is 13.2 Å². The van der Waals surface area contributed by atoms with Crippen LogP contribution in [-0.2, 0) is 6.18 Å². The van der Waals surface area contributed by atoms with E-state index in [2.05, 4.69) is 10.1 Å². The lowest BCUT2D eigenvalue weighted by atomic mass is 10.3. The van der Waals surface area contributed by atoms with Crippen molar-refractivity contribution in [3.63, 3.8) is 0 Å². The summed E-state index contributed by atoms with van der Waals surface area (Å²) in [7, 11) is 0. The third-order valence-corrected chi connectivity index (χ3v) is 3.58. The van der Waals surface area contributed by atoms with E-state index in [-0.39, 0.29) is 5.69 Å². The van der Waals surface area contributed by atoms with Gasteiger partial charge in [0.25, 0.3) is 0 Å². The predicted octanol–water partition coefficient (Wildman–Crippen LogP) is 3.60. The van der Waals surface area contributed by atoms with Crippen LogP contribution in [0, 0.1) is 0 Å². The second-order valence-electron chi connectivity index (χ2n) is 4.25. The first kappa shape index (κ1) is 13.6. The van der Waals surface area contributed by atoms with Crippen molar-refractivity contribution in [3.05, 3.63) is 47.6 Å². The molecule has 3 aromatic rings. The molecule has 8 heteroatoms. The van der Waals surface area contributed by atoms with Gasteiger partial charge in [0.05, 0.1) is 5.69 Å². The molecule has 2 aromatic heterocycles. The monoisotopic (exact) mass is 310 g/mol. The molecule has 108 valence electrons. The predicted molar refractivity (Wildman–Crippen MR) is 74.1 cm³/mol. The Balaban J connectivity index is 2.16. The summed E-state index contributed by atoms with van der Waals surface area (Å²) in [5.74, 6) is 0. The molecular formula is C13H9F3N4S. The molecule has 0 saturated carbocycles. The van der Waals surface area contributed by atoms with Gasteiger partial charge in [0.2, 0.25) is 0 Å². The summed E-state index contributed by atoms with van der Waals surface area (Å²) < 4.78 is 40.4. The zero-order valence-electron chi connectivity index (χ0n) is 10.5. The number of halogens is 3. The van der Waals surface area contributed by atoms with E-state index in [1.165, 1.54) is 41.8 Å². The molecule has 0 atom stereocenters. The van der Waals surface area contributed by atoms with Gasteiger partial charge in [0, 0.05) is 17.3 Å². The topological polar surface area (TPSA) is 56.7 Å². The molecule has 0 spiro atoms. The first-order valence-corrected chi connectivity index (χ1v) is 6.76. The van der Waals surface area contributed by atoms with E-state index in [0.717, 1.165) is 10.7 Å². The van der Waals surface area contributed by atoms with Crippen LogP contribution in [0.1, 0.15) is 5.69 Å². The number of hydrogen-bond acceptors (Lipinski definition) is 4. The van der Waals surface area contributed by atoms with Crippen molar-refractivity contribution in [1.82, 2.24) is 14.8 Å². The van der Waals surface area contributed by atoms with Gasteiger partial charge in [0.1, 0.15) is 16.4 Å². The quantitative estimate of drug-likeness (QED) is 0.736. The van der Waals surface area contributed by atoms with E-state index in [1.54, 1.807) is 5.38 Å². The number of nitrogen functional groups attached to an aromatic ring is 1. The van der Waals surface area contributed by atoms with Gasteiger partial charge >= 0.3 is 6.18 Å². The molecule has 0 aliphatic carbocycles. The fraction of sp³-hybridized carbons (Fsp3) is 0.0769. The van der Waals surface area contributed by atoms with Crippen molar-refractivity contribution in [2.45, 2.75) is 6.18 Å². The zero-order chi connectivity index (χ0) is 15.0. The zero-order valence-corrected chi connectivity index (χ0v) is 11.3. The molecule has 21 heavy (non-hydrogen) atoms. The minimum absolute atomic E-state index is 0.189. The Morgan fingerprint density at radius 2 is 1.86 bits per heavy atom. The molecule has 0 unspecified atom stereocenters. The third-order valence-electron chi connectivity index (χ3n) is 2.79. The van der Waals surface area contributed by atoms with Crippen molar-refractivity contribution in [2.24, 2.45) is 0 Å². The molecule has 0 bridgehead atoms. The number of anilines is 1. The van der Waals surface area contributed by atoms with E-state index in [4.69, 9.17) is 5.73 Å². The minimum Gasteiger partial charge on any atom is -0.399 e. The van der Waals surface area contributed by atoms with Crippen LogP contribution in [0.25, 0.3) is 16.4 Å². The molecule has 2 heterocycles. The number of thiazole rings is 1. The largest absolute Gasteiger partial charge is 0.433 e. The van der Waals surface area contributed by atoms with E-state index < -0.39 is 11.9 Å². The van der Waals surface area contributed by atoms with Gasteiger partial charge in [-0.05, 0) is 30.3 Å². The van der Waals surface area contributed by atoms with Crippen LogP contribution in [0.15, 0.2) is 41.9 Å². The van der Waals surface area contributed by atoms with Gasteiger partial charge in [-0.2, -0.15) is 18.3 Å². The Kier molecular flexibility index (Phi) is 3.17. The molecule has 2 N–H and O–H groups in total. The summed E-state index contributed by atoms with van der Waals surface area (Å²) in [6, 6.07) is 7.03. The summed E-state index contributed by atoms with van der Waals surface area (Å²) in [5, 5.41) is 6.15. The highest BCUT2D eigenvalue weighted by atomic mass is 32.1. The standard InChI is InChI=1S/C13H9F3N4S/c14-13(15,16)11-7-10(12-18-5-6-21-12)19-20(11)9-3-1-8(17)2-4-9/h1-7H,17H2.